The molecule has 0 spiro atoms. The number of hydrogen-bond acceptors (Lipinski definition) is 6. The first-order valence-electron chi connectivity index (χ1n) is 5.60. The molecule has 1 atom stereocenters. The van der Waals surface area contributed by atoms with Crippen LogP contribution in [0.2, 0.25) is 0 Å². The maximum absolute atomic E-state index is 11.6. The Kier molecular flexibility index (Phi) is 2.51. The quantitative estimate of drug-likeness (QED) is 0.706. The molecule has 0 amide bonds. The fourth-order valence-electron chi connectivity index (χ4n) is 2.24. The SMILES string of the molecule is COC(=O)C1CCc2nc(-n3cnnn3)ccc21. The number of aromatic nitrogens is 5. The molecule has 0 aliphatic heterocycles. The summed E-state index contributed by atoms with van der Waals surface area (Å²) in [6, 6.07) is 3.70. The molecule has 92 valence electrons. The zero-order valence-corrected chi connectivity index (χ0v) is 9.78. The van der Waals surface area contributed by atoms with Gasteiger partial charge in [-0.15, -0.1) is 5.10 Å². The predicted octanol–water partition coefficient (Wildman–Crippen LogP) is 0.260. The van der Waals surface area contributed by atoms with Crippen LogP contribution in [0.3, 0.4) is 0 Å². The van der Waals surface area contributed by atoms with E-state index in [4.69, 9.17) is 4.74 Å². The van der Waals surface area contributed by atoms with Crippen LogP contribution in [0.15, 0.2) is 18.5 Å². The van der Waals surface area contributed by atoms with E-state index in [1.807, 2.05) is 6.07 Å². The van der Waals surface area contributed by atoms with E-state index in [0.717, 1.165) is 24.1 Å². The van der Waals surface area contributed by atoms with Crippen molar-refractivity contribution in [1.82, 2.24) is 25.2 Å². The van der Waals surface area contributed by atoms with Crippen LogP contribution in [0.25, 0.3) is 5.82 Å². The van der Waals surface area contributed by atoms with E-state index in [0.29, 0.717) is 5.82 Å². The van der Waals surface area contributed by atoms with Gasteiger partial charge in [0.2, 0.25) is 0 Å². The molecule has 3 rings (SSSR count). The van der Waals surface area contributed by atoms with E-state index in [2.05, 4.69) is 20.5 Å². The summed E-state index contributed by atoms with van der Waals surface area (Å²) >= 11 is 0. The van der Waals surface area contributed by atoms with E-state index >= 15 is 0 Å². The molecule has 0 radical (unpaired) electrons. The summed E-state index contributed by atoms with van der Waals surface area (Å²) in [5.74, 6) is 0.260. The van der Waals surface area contributed by atoms with Crippen molar-refractivity contribution in [3.05, 3.63) is 29.7 Å². The summed E-state index contributed by atoms with van der Waals surface area (Å²) in [7, 11) is 1.41. The number of fused-ring (bicyclic) bond motifs is 1. The van der Waals surface area contributed by atoms with Crippen LogP contribution in [0.4, 0.5) is 0 Å². The van der Waals surface area contributed by atoms with Crippen LogP contribution in [-0.2, 0) is 16.0 Å². The van der Waals surface area contributed by atoms with E-state index in [1.165, 1.54) is 18.1 Å². The third-order valence-electron chi connectivity index (χ3n) is 3.11. The van der Waals surface area contributed by atoms with Gasteiger partial charge in [0, 0.05) is 5.69 Å². The molecule has 0 fully saturated rings. The van der Waals surface area contributed by atoms with E-state index in [9.17, 15) is 4.79 Å². The van der Waals surface area contributed by atoms with Crippen LogP contribution in [0.5, 0.6) is 0 Å². The molecule has 18 heavy (non-hydrogen) atoms. The highest BCUT2D eigenvalue weighted by Gasteiger charge is 2.30. The van der Waals surface area contributed by atoms with Gasteiger partial charge >= 0.3 is 5.97 Å². The summed E-state index contributed by atoms with van der Waals surface area (Å²) in [4.78, 5) is 16.1. The fraction of sp³-hybridized carbons (Fsp3) is 0.364. The lowest BCUT2D eigenvalue weighted by Crippen LogP contribution is -2.11. The van der Waals surface area contributed by atoms with Gasteiger partial charge in [-0.3, -0.25) is 4.79 Å². The first-order chi connectivity index (χ1) is 8.79. The zero-order valence-electron chi connectivity index (χ0n) is 9.78. The minimum atomic E-state index is -0.203. The van der Waals surface area contributed by atoms with Crippen molar-refractivity contribution in [3.8, 4) is 5.82 Å². The van der Waals surface area contributed by atoms with Crippen LogP contribution in [-0.4, -0.2) is 38.3 Å². The highest BCUT2D eigenvalue weighted by molar-refractivity contribution is 5.79. The van der Waals surface area contributed by atoms with Crippen LogP contribution < -0.4 is 0 Å². The highest BCUT2D eigenvalue weighted by Crippen LogP contribution is 2.33. The van der Waals surface area contributed by atoms with Crippen LogP contribution >= 0.6 is 0 Å². The van der Waals surface area contributed by atoms with Crippen molar-refractivity contribution >= 4 is 5.97 Å². The Bertz CT molecular complexity index is 581. The Morgan fingerprint density at radius 3 is 3.11 bits per heavy atom. The smallest absolute Gasteiger partial charge is 0.313 e. The van der Waals surface area contributed by atoms with Crippen molar-refractivity contribution in [3.63, 3.8) is 0 Å². The molecule has 2 aromatic rings. The molecule has 1 aliphatic carbocycles. The minimum absolute atomic E-state index is 0.194. The number of aryl methyl sites for hydroxylation is 1. The summed E-state index contributed by atoms with van der Waals surface area (Å²) in [5.41, 5.74) is 1.86. The lowest BCUT2D eigenvalue weighted by Gasteiger charge is -2.08. The summed E-state index contributed by atoms with van der Waals surface area (Å²) in [5, 5.41) is 10.9. The number of hydrogen-bond donors (Lipinski definition) is 0. The van der Waals surface area contributed by atoms with Gasteiger partial charge in [-0.2, -0.15) is 4.68 Å². The molecule has 0 bridgehead atoms. The number of carbonyl (C=O) groups is 1. The fourth-order valence-corrected chi connectivity index (χ4v) is 2.24. The first-order valence-corrected chi connectivity index (χ1v) is 5.60. The molecule has 0 saturated heterocycles. The molecule has 1 unspecified atom stereocenters. The van der Waals surface area contributed by atoms with Crippen LogP contribution in [0.1, 0.15) is 23.6 Å². The molecule has 2 aromatic heterocycles. The highest BCUT2D eigenvalue weighted by atomic mass is 16.5. The maximum atomic E-state index is 11.6. The van der Waals surface area contributed by atoms with Crippen LogP contribution in [0, 0.1) is 0 Å². The Morgan fingerprint density at radius 2 is 2.39 bits per heavy atom. The van der Waals surface area contributed by atoms with Gasteiger partial charge in [0.05, 0.1) is 13.0 Å². The number of carbonyl (C=O) groups excluding carboxylic acids is 1. The molecular formula is C11H11N5O2. The Labute approximate surface area is 103 Å². The Balaban J connectivity index is 1.97. The topological polar surface area (TPSA) is 82.8 Å². The van der Waals surface area contributed by atoms with Crippen molar-refractivity contribution in [2.75, 3.05) is 7.11 Å². The van der Waals surface area contributed by atoms with Crippen molar-refractivity contribution in [1.29, 1.82) is 0 Å². The largest absolute Gasteiger partial charge is 0.469 e. The van der Waals surface area contributed by atoms with Gasteiger partial charge in [0.25, 0.3) is 0 Å². The number of tetrazole rings is 1. The lowest BCUT2D eigenvalue weighted by molar-refractivity contribution is -0.142. The summed E-state index contributed by atoms with van der Waals surface area (Å²) in [6.45, 7) is 0. The average molecular weight is 245 g/mol. The van der Waals surface area contributed by atoms with Gasteiger partial charge in [0.1, 0.15) is 6.33 Å². The molecular weight excluding hydrogens is 234 g/mol. The lowest BCUT2D eigenvalue weighted by atomic mass is 10.0. The van der Waals surface area contributed by atoms with Crippen molar-refractivity contribution in [2.45, 2.75) is 18.8 Å². The Morgan fingerprint density at radius 1 is 1.50 bits per heavy atom. The maximum Gasteiger partial charge on any atom is 0.313 e. The number of rotatable bonds is 2. The summed E-state index contributed by atoms with van der Waals surface area (Å²) in [6.07, 6.45) is 3.00. The molecule has 7 nitrogen and oxygen atoms in total. The van der Waals surface area contributed by atoms with E-state index in [1.54, 1.807) is 6.07 Å². The molecule has 0 aromatic carbocycles. The molecule has 0 saturated carbocycles. The summed E-state index contributed by atoms with van der Waals surface area (Å²) < 4.78 is 6.28. The number of ether oxygens (including phenoxy) is 1. The monoisotopic (exact) mass is 245 g/mol. The minimum Gasteiger partial charge on any atom is -0.469 e. The third kappa shape index (κ3) is 1.64. The van der Waals surface area contributed by atoms with Gasteiger partial charge in [-0.1, -0.05) is 6.07 Å². The molecule has 1 aliphatic rings. The number of esters is 1. The zero-order chi connectivity index (χ0) is 12.5. The second-order valence-electron chi connectivity index (χ2n) is 4.07. The van der Waals surface area contributed by atoms with E-state index < -0.39 is 0 Å². The number of nitrogens with zero attached hydrogens (tertiary/aromatic N) is 5. The predicted molar refractivity (Wildman–Crippen MR) is 60.0 cm³/mol. The number of methoxy groups -OCH3 is 1. The molecule has 7 heteroatoms. The molecule has 2 heterocycles. The second kappa shape index (κ2) is 4.17. The third-order valence-corrected chi connectivity index (χ3v) is 3.11. The average Bonchev–Trinajstić information content (AvgIpc) is 3.06. The van der Waals surface area contributed by atoms with Gasteiger partial charge in [-0.25, -0.2) is 4.98 Å². The number of pyridine rings is 1. The standard InChI is InChI=1S/C11H11N5O2/c1-18-11(17)8-2-4-9-7(8)3-5-10(13-9)16-6-12-14-15-16/h3,5-6,8H,2,4H2,1H3. The first kappa shape index (κ1) is 10.8. The van der Waals surface area contributed by atoms with Crippen molar-refractivity contribution in [2.24, 2.45) is 0 Å². The van der Waals surface area contributed by atoms with Gasteiger partial charge in [-0.05, 0) is 34.9 Å². The second-order valence-corrected chi connectivity index (χ2v) is 4.07. The normalized spacial score (nSPS) is 17.5. The van der Waals surface area contributed by atoms with E-state index in [-0.39, 0.29) is 11.9 Å². The van der Waals surface area contributed by atoms with Crippen molar-refractivity contribution < 1.29 is 9.53 Å². The Hall–Kier alpha value is -2.31. The van der Waals surface area contributed by atoms with Gasteiger partial charge in [0.15, 0.2) is 5.82 Å². The molecule has 0 N–H and O–H groups in total. The van der Waals surface area contributed by atoms with Gasteiger partial charge < -0.3 is 4.74 Å².